The van der Waals surface area contributed by atoms with E-state index in [1.165, 1.54) is 0 Å². The van der Waals surface area contributed by atoms with Crippen LogP contribution in [-0.4, -0.2) is 34.6 Å². The smallest absolute Gasteiger partial charge is 0.338 e. The number of piperidine rings is 1. The first-order valence-corrected chi connectivity index (χ1v) is 8.72. The molecule has 0 radical (unpaired) electrons. The van der Waals surface area contributed by atoms with Crippen LogP contribution < -0.4 is 0 Å². The Bertz CT molecular complexity index is 761. The van der Waals surface area contributed by atoms with E-state index < -0.39 is 18.2 Å². The predicted octanol–water partition coefficient (Wildman–Crippen LogP) is 3.42. The van der Waals surface area contributed by atoms with E-state index >= 15 is 0 Å². The molecule has 1 saturated heterocycles. The predicted molar refractivity (Wildman–Crippen MR) is 97.3 cm³/mol. The molecular formula is C20H22N2O4. The van der Waals surface area contributed by atoms with Gasteiger partial charge in [0.15, 0.2) is 0 Å². The summed E-state index contributed by atoms with van der Waals surface area (Å²) in [6, 6.07) is 16.8. The topological polar surface area (TPSA) is 72.7 Å². The van der Waals surface area contributed by atoms with Gasteiger partial charge in [0.2, 0.25) is 0 Å². The fourth-order valence-corrected chi connectivity index (χ4v) is 3.20. The Labute approximate surface area is 152 Å². The lowest BCUT2D eigenvalue weighted by atomic mass is 10.0. The third kappa shape index (κ3) is 4.46. The van der Waals surface area contributed by atoms with Crippen LogP contribution >= 0.6 is 0 Å². The molecule has 0 spiro atoms. The van der Waals surface area contributed by atoms with Gasteiger partial charge in [0, 0.05) is 18.0 Å². The van der Waals surface area contributed by atoms with Crippen LogP contribution in [0.1, 0.15) is 34.3 Å². The van der Waals surface area contributed by atoms with Gasteiger partial charge in [-0.2, -0.15) is 0 Å². The van der Waals surface area contributed by atoms with E-state index in [0.717, 1.165) is 11.1 Å². The second-order valence-electron chi connectivity index (χ2n) is 6.64. The monoisotopic (exact) mass is 354 g/mol. The van der Waals surface area contributed by atoms with Gasteiger partial charge in [0.05, 0.1) is 12.0 Å². The van der Waals surface area contributed by atoms with Gasteiger partial charge in [-0.25, -0.2) is 9.69 Å². The third-order valence-electron chi connectivity index (χ3n) is 4.67. The summed E-state index contributed by atoms with van der Waals surface area (Å²) in [6.07, 6.45) is -0.488. The van der Waals surface area contributed by atoms with Crippen LogP contribution in [0.5, 0.6) is 0 Å². The van der Waals surface area contributed by atoms with Crippen molar-refractivity contribution in [2.75, 3.05) is 6.54 Å². The fraction of sp³-hybridized carbons (Fsp3) is 0.350. The van der Waals surface area contributed by atoms with E-state index in [-0.39, 0.29) is 11.3 Å². The minimum Gasteiger partial charge on any atom is -0.458 e. The van der Waals surface area contributed by atoms with Crippen LogP contribution in [0.15, 0.2) is 54.6 Å². The Hall–Kier alpha value is -2.73. The third-order valence-corrected chi connectivity index (χ3v) is 4.67. The van der Waals surface area contributed by atoms with Gasteiger partial charge in [-0.1, -0.05) is 48.0 Å². The summed E-state index contributed by atoms with van der Waals surface area (Å²) < 4.78 is 5.53. The second kappa shape index (κ2) is 8.10. The van der Waals surface area contributed by atoms with E-state index in [1.54, 1.807) is 12.1 Å². The van der Waals surface area contributed by atoms with Gasteiger partial charge in [0.25, 0.3) is 6.17 Å². The molecular weight excluding hydrogens is 332 g/mol. The van der Waals surface area contributed by atoms with Crippen molar-refractivity contribution in [2.24, 2.45) is 0 Å². The molecule has 2 unspecified atom stereocenters. The second-order valence-corrected chi connectivity index (χ2v) is 6.64. The van der Waals surface area contributed by atoms with Crippen LogP contribution in [0.4, 0.5) is 0 Å². The molecule has 0 bridgehead atoms. The number of ether oxygens (including phenoxy) is 1. The minimum atomic E-state index is -0.847. The molecule has 1 aliphatic rings. The number of rotatable bonds is 5. The molecule has 0 saturated carbocycles. The zero-order chi connectivity index (χ0) is 18.5. The molecule has 26 heavy (non-hydrogen) atoms. The Morgan fingerprint density at radius 3 is 2.54 bits per heavy atom. The van der Waals surface area contributed by atoms with E-state index in [1.807, 2.05) is 54.3 Å². The Kier molecular flexibility index (Phi) is 5.63. The number of esters is 1. The highest BCUT2D eigenvalue weighted by Crippen LogP contribution is 2.23. The van der Waals surface area contributed by atoms with Crippen LogP contribution in [-0.2, 0) is 11.3 Å². The Morgan fingerprint density at radius 2 is 1.88 bits per heavy atom. The summed E-state index contributed by atoms with van der Waals surface area (Å²) in [5.74, 6) is -0.423. The fourth-order valence-electron chi connectivity index (χ4n) is 3.20. The molecule has 136 valence electrons. The summed E-state index contributed by atoms with van der Waals surface area (Å²) in [7, 11) is 0. The van der Waals surface area contributed by atoms with Crippen molar-refractivity contribution in [3.8, 4) is 0 Å². The van der Waals surface area contributed by atoms with Gasteiger partial charge in [0.1, 0.15) is 6.10 Å². The summed E-state index contributed by atoms with van der Waals surface area (Å²) in [5, 5.41) is 11.5. The standard InChI is InChI=1S/C20H22N2O4/c1-15-7-9-17(10-8-15)20(23)26-18-11-12-21(19(13-18)22(24)25)14-16-5-3-2-4-6-16/h2-10,18-19H,11-14H2,1H3. The molecule has 6 heteroatoms. The molecule has 0 aliphatic carbocycles. The van der Waals surface area contributed by atoms with Crippen LogP contribution in [0.25, 0.3) is 0 Å². The lowest BCUT2D eigenvalue weighted by molar-refractivity contribution is -0.557. The van der Waals surface area contributed by atoms with E-state index in [0.29, 0.717) is 25.1 Å². The quantitative estimate of drug-likeness (QED) is 0.467. The number of hydrogen-bond acceptors (Lipinski definition) is 5. The molecule has 3 rings (SSSR count). The van der Waals surface area contributed by atoms with Crippen molar-refractivity contribution in [2.45, 2.75) is 38.6 Å². The van der Waals surface area contributed by atoms with Crippen molar-refractivity contribution < 1.29 is 14.5 Å². The summed E-state index contributed by atoms with van der Waals surface area (Å²) in [5.41, 5.74) is 2.57. The number of benzene rings is 2. The van der Waals surface area contributed by atoms with Gasteiger partial charge in [-0.05, 0) is 31.0 Å². The van der Waals surface area contributed by atoms with Crippen molar-refractivity contribution in [1.82, 2.24) is 4.90 Å². The highest BCUT2D eigenvalue weighted by Gasteiger charge is 2.38. The maximum absolute atomic E-state index is 12.3. The Morgan fingerprint density at radius 1 is 1.19 bits per heavy atom. The number of likely N-dealkylation sites (tertiary alicyclic amines) is 1. The number of aryl methyl sites for hydroxylation is 1. The van der Waals surface area contributed by atoms with Gasteiger partial charge < -0.3 is 4.74 Å². The molecule has 0 aromatic heterocycles. The average Bonchev–Trinajstić information content (AvgIpc) is 2.64. The normalized spacial score (nSPS) is 20.5. The van der Waals surface area contributed by atoms with Crippen molar-refractivity contribution in [3.05, 3.63) is 81.4 Å². The molecule has 1 fully saturated rings. The number of nitro groups is 1. The van der Waals surface area contributed by atoms with E-state index in [9.17, 15) is 14.9 Å². The first-order chi connectivity index (χ1) is 12.5. The highest BCUT2D eigenvalue weighted by molar-refractivity contribution is 5.89. The maximum Gasteiger partial charge on any atom is 0.338 e. The molecule has 0 amide bonds. The highest BCUT2D eigenvalue weighted by atomic mass is 16.6. The molecule has 6 nitrogen and oxygen atoms in total. The van der Waals surface area contributed by atoms with Crippen LogP contribution in [0.3, 0.4) is 0 Å². The largest absolute Gasteiger partial charge is 0.458 e. The average molecular weight is 354 g/mol. The summed E-state index contributed by atoms with van der Waals surface area (Å²) >= 11 is 0. The zero-order valence-corrected chi connectivity index (χ0v) is 14.7. The van der Waals surface area contributed by atoms with E-state index in [2.05, 4.69) is 0 Å². The number of carbonyl (C=O) groups is 1. The van der Waals surface area contributed by atoms with Crippen molar-refractivity contribution in [1.29, 1.82) is 0 Å². The van der Waals surface area contributed by atoms with Gasteiger partial charge in [-0.15, -0.1) is 0 Å². The number of nitrogens with zero attached hydrogens (tertiary/aromatic N) is 2. The van der Waals surface area contributed by atoms with E-state index in [4.69, 9.17) is 4.74 Å². The van der Waals surface area contributed by atoms with Crippen LogP contribution in [0.2, 0.25) is 0 Å². The SMILES string of the molecule is Cc1ccc(C(=O)OC2CCN(Cc3ccccc3)C([N+](=O)[O-])C2)cc1. The molecule has 2 atom stereocenters. The summed E-state index contributed by atoms with van der Waals surface area (Å²) in [4.78, 5) is 25.3. The molecule has 1 aliphatic heterocycles. The molecule has 0 N–H and O–H groups in total. The summed E-state index contributed by atoms with van der Waals surface area (Å²) in [6.45, 7) is 2.98. The first kappa shape index (κ1) is 18.1. The Balaban J connectivity index is 1.63. The lowest BCUT2D eigenvalue weighted by Gasteiger charge is -2.33. The van der Waals surface area contributed by atoms with Crippen LogP contribution in [0, 0.1) is 17.0 Å². The maximum atomic E-state index is 12.3. The molecule has 1 heterocycles. The first-order valence-electron chi connectivity index (χ1n) is 8.72. The minimum absolute atomic E-state index is 0.206. The van der Waals surface area contributed by atoms with Gasteiger partial charge >= 0.3 is 5.97 Å². The number of hydrogen-bond donors (Lipinski definition) is 0. The van der Waals surface area contributed by atoms with Crippen molar-refractivity contribution in [3.63, 3.8) is 0 Å². The lowest BCUT2D eigenvalue weighted by Crippen LogP contribution is -2.48. The number of carbonyl (C=O) groups excluding carboxylic acids is 1. The zero-order valence-electron chi connectivity index (χ0n) is 14.7. The van der Waals surface area contributed by atoms with Gasteiger partial charge in [-0.3, -0.25) is 10.1 Å². The molecule has 2 aromatic carbocycles. The van der Waals surface area contributed by atoms with Crippen molar-refractivity contribution >= 4 is 5.97 Å². The molecule has 2 aromatic rings.